The second kappa shape index (κ2) is 7.65. The normalized spacial score (nSPS) is 14.7. The van der Waals surface area contributed by atoms with Crippen molar-refractivity contribution in [2.75, 3.05) is 36.4 Å². The number of aromatic nitrogens is 1. The minimum Gasteiger partial charge on any atom is -0.370 e. The molecule has 0 radical (unpaired) electrons. The summed E-state index contributed by atoms with van der Waals surface area (Å²) in [6.07, 6.45) is 2.34. The fourth-order valence-electron chi connectivity index (χ4n) is 2.83. The number of benzene rings is 1. The van der Waals surface area contributed by atoms with Gasteiger partial charge in [0.2, 0.25) is 0 Å². The number of hydrogen-bond acceptors (Lipinski definition) is 4. The van der Waals surface area contributed by atoms with E-state index in [1.165, 1.54) is 18.0 Å². The Kier molecular flexibility index (Phi) is 5.13. The number of amides is 3. The molecule has 1 aliphatic heterocycles. The molecule has 1 aromatic heterocycles. The summed E-state index contributed by atoms with van der Waals surface area (Å²) in [6.45, 7) is 3.05. The number of nitrogens with one attached hydrogen (secondary N) is 1. The van der Waals surface area contributed by atoms with Crippen LogP contribution in [0, 0.1) is 0 Å². The maximum atomic E-state index is 12.5. The molecule has 0 unspecified atom stereocenters. The van der Waals surface area contributed by atoms with Gasteiger partial charge >= 0.3 is 6.03 Å². The highest BCUT2D eigenvalue weighted by Crippen LogP contribution is 2.16. The highest BCUT2D eigenvalue weighted by molar-refractivity contribution is 5.92. The Hall–Kier alpha value is -3.09. The van der Waals surface area contributed by atoms with Gasteiger partial charge in [0.15, 0.2) is 0 Å². The number of para-hydroxylation sites is 1. The summed E-state index contributed by atoms with van der Waals surface area (Å²) in [7, 11) is 0. The van der Waals surface area contributed by atoms with Crippen molar-refractivity contribution < 1.29 is 9.59 Å². The van der Waals surface area contributed by atoms with Crippen LogP contribution in [0.1, 0.15) is 16.9 Å². The van der Waals surface area contributed by atoms with Gasteiger partial charge in [0.25, 0.3) is 5.91 Å². The summed E-state index contributed by atoms with van der Waals surface area (Å²) in [5, 5.41) is 2.81. The van der Waals surface area contributed by atoms with E-state index in [-0.39, 0.29) is 11.7 Å². The first-order chi connectivity index (χ1) is 12.1. The molecule has 1 aliphatic rings. The number of urea groups is 1. The number of carbonyl (C=O) groups excluding carboxylic acids is 2. The minimum absolute atomic E-state index is 0.163. The van der Waals surface area contributed by atoms with Crippen molar-refractivity contribution in [2.24, 2.45) is 5.73 Å². The van der Waals surface area contributed by atoms with Gasteiger partial charge in [0, 0.05) is 31.9 Å². The standard InChI is InChI=1S/C18H21N5O2/c19-17(24)16-8-7-14(13-20-16)21-18(25)23-10-4-9-22(11-12-23)15-5-2-1-3-6-15/h1-3,5-8,13H,4,9-12H2,(H2,19,24)(H,21,25). The number of hydrogen-bond donors (Lipinski definition) is 2. The first kappa shape index (κ1) is 16.8. The van der Waals surface area contributed by atoms with E-state index in [4.69, 9.17) is 5.73 Å². The molecular formula is C18H21N5O2. The summed E-state index contributed by atoms with van der Waals surface area (Å²) in [4.78, 5) is 31.5. The van der Waals surface area contributed by atoms with Crippen LogP contribution in [-0.2, 0) is 0 Å². The van der Waals surface area contributed by atoms with Crippen LogP contribution in [0.4, 0.5) is 16.2 Å². The number of nitrogens with two attached hydrogens (primary N) is 1. The first-order valence-corrected chi connectivity index (χ1v) is 8.25. The third-order valence-corrected chi connectivity index (χ3v) is 4.17. The summed E-state index contributed by atoms with van der Waals surface area (Å²) >= 11 is 0. The highest BCUT2D eigenvalue weighted by Gasteiger charge is 2.19. The second-order valence-corrected chi connectivity index (χ2v) is 5.89. The Morgan fingerprint density at radius 2 is 1.80 bits per heavy atom. The Balaban J connectivity index is 1.58. The molecule has 25 heavy (non-hydrogen) atoms. The Labute approximate surface area is 146 Å². The molecule has 3 amide bonds. The van der Waals surface area contributed by atoms with Crippen molar-refractivity contribution >= 4 is 23.3 Å². The molecule has 0 atom stereocenters. The predicted octanol–water partition coefficient (Wildman–Crippen LogP) is 1.92. The number of nitrogens with zero attached hydrogens (tertiary/aromatic N) is 3. The van der Waals surface area contributed by atoms with Gasteiger partial charge in [-0.2, -0.15) is 0 Å². The minimum atomic E-state index is -0.591. The van der Waals surface area contributed by atoms with E-state index in [1.54, 1.807) is 11.0 Å². The van der Waals surface area contributed by atoms with E-state index in [1.807, 2.05) is 18.2 Å². The molecule has 2 heterocycles. The van der Waals surface area contributed by atoms with Gasteiger partial charge in [-0.15, -0.1) is 0 Å². The lowest BCUT2D eigenvalue weighted by atomic mass is 10.3. The average Bonchev–Trinajstić information content (AvgIpc) is 2.89. The van der Waals surface area contributed by atoms with Crippen molar-refractivity contribution in [3.8, 4) is 0 Å². The van der Waals surface area contributed by atoms with Crippen LogP contribution in [0.25, 0.3) is 0 Å². The van der Waals surface area contributed by atoms with E-state index in [0.29, 0.717) is 18.8 Å². The van der Waals surface area contributed by atoms with Crippen LogP contribution in [0.15, 0.2) is 48.7 Å². The van der Waals surface area contributed by atoms with Gasteiger partial charge in [0.05, 0.1) is 11.9 Å². The number of rotatable bonds is 3. The Morgan fingerprint density at radius 3 is 2.48 bits per heavy atom. The average molecular weight is 339 g/mol. The van der Waals surface area contributed by atoms with Gasteiger partial charge in [-0.3, -0.25) is 4.79 Å². The zero-order valence-corrected chi connectivity index (χ0v) is 13.9. The fourth-order valence-corrected chi connectivity index (χ4v) is 2.83. The summed E-state index contributed by atoms with van der Waals surface area (Å²) in [5.41, 5.74) is 7.05. The lowest BCUT2D eigenvalue weighted by Crippen LogP contribution is -2.38. The molecule has 7 heteroatoms. The molecular weight excluding hydrogens is 318 g/mol. The van der Waals surface area contributed by atoms with Gasteiger partial charge in [-0.1, -0.05) is 18.2 Å². The maximum Gasteiger partial charge on any atom is 0.321 e. The molecule has 130 valence electrons. The maximum absolute atomic E-state index is 12.5. The van der Waals surface area contributed by atoms with Crippen molar-refractivity contribution in [1.82, 2.24) is 9.88 Å². The topological polar surface area (TPSA) is 91.6 Å². The van der Waals surface area contributed by atoms with Gasteiger partial charge in [0.1, 0.15) is 5.69 Å². The number of pyridine rings is 1. The van der Waals surface area contributed by atoms with Gasteiger partial charge in [-0.25, -0.2) is 9.78 Å². The molecule has 0 spiro atoms. The summed E-state index contributed by atoms with van der Waals surface area (Å²) < 4.78 is 0. The van der Waals surface area contributed by atoms with Crippen LogP contribution >= 0.6 is 0 Å². The molecule has 1 saturated heterocycles. The smallest absolute Gasteiger partial charge is 0.321 e. The van der Waals surface area contributed by atoms with Crippen LogP contribution in [-0.4, -0.2) is 48.0 Å². The lowest BCUT2D eigenvalue weighted by Gasteiger charge is -2.23. The van der Waals surface area contributed by atoms with Crippen LogP contribution in [0.5, 0.6) is 0 Å². The molecule has 0 saturated carbocycles. The van der Waals surface area contributed by atoms with Gasteiger partial charge < -0.3 is 20.9 Å². The van der Waals surface area contributed by atoms with Crippen LogP contribution in [0.2, 0.25) is 0 Å². The van der Waals surface area contributed by atoms with E-state index in [2.05, 4.69) is 27.3 Å². The number of primary amides is 1. The largest absolute Gasteiger partial charge is 0.370 e. The fraction of sp³-hybridized carbons (Fsp3) is 0.278. The van der Waals surface area contributed by atoms with Crippen LogP contribution in [0.3, 0.4) is 0 Å². The first-order valence-electron chi connectivity index (χ1n) is 8.25. The van der Waals surface area contributed by atoms with Crippen molar-refractivity contribution in [2.45, 2.75) is 6.42 Å². The lowest BCUT2D eigenvalue weighted by molar-refractivity contribution is 0.0995. The zero-order valence-electron chi connectivity index (χ0n) is 13.9. The third kappa shape index (κ3) is 4.26. The van der Waals surface area contributed by atoms with Crippen molar-refractivity contribution in [1.29, 1.82) is 0 Å². The van der Waals surface area contributed by atoms with E-state index < -0.39 is 5.91 Å². The second-order valence-electron chi connectivity index (χ2n) is 5.89. The van der Waals surface area contributed by atoms with Gasteiger partial charge in [-0.05, 0) is 30.7 Å². The predicted molar refractivity (Wildman–Crippen MR) is 96.6 cm³/mol. The summed E-state index contributed by atoms with van der Waals surface area (Å²) in [6, 6.07) is 13.2. The monoisotopic (exact) mass is 339 g/mol. The highest BCUT2D eigenvalue weighted by atomic mass is 16.2. The molecule has 3 N–H and O–H groups in total. The van der Waals surface area contributed by atoms with E-state index >= 15 is 0 Å². The quantitative estimate of drug-likeness (QED) is 0.894. The van der Waals surface area contributed by atoms with Crippen LogP contribution < -0.4 is 16.0 Å². The zero-order chi connectivity index (χ0) is 17.6. The Morgan fingerprint density at radius 1 is 1.00 bits per heavy atom. The molecule has 1 fully saturated rings. The third-order valence-electron chi connectivity index (χ3n) is 4.17. The van der Waals surface area contributed by atoms with E-state index in [0.717, 1.165) is 19.5 Å². The Bertz CT molecular complexity index is 733. The SMILES string of the molecule is NC(=O)c1ccc(NC(=O)N2CCCN(c3ccccc3)CC2)cn1. The molecule has 7 nitrogen and oxygen atoms in total. The molecule has 3 rings (SSSR count). The van der Waals surface area contributed by atoms with E-state index in [9.17, 15) is 9.59 Å². The van der Waals surface area contributed by atoms with Crippen molar-refractivity contribution in [3.63, 3.8) is 0 Å². The molecule has 2 aromatic rings. The number of anilines is 2. The van der Waals surface area contributed by atoms with Crippen molar-refractivity contribution in [3.05, 3.63) is 54.4 Å². The molecule has 0 aliphatic carbocycles. The molecule has 0 bridgehead atoms. The molecule has 1 aromatic carbocycles. The summed E-state index contributed by atoms with van der Waals surface area (Å²) in [5.74, 6) is -0.591. The number of carbonyl (C=O) groups is 2.